The van der Waals surface area contributed by atoms with Crippen LogP contribution < -0.4 is 16.0 Å². The summed E-state index contributed by atoms with van der Waals surface area (Å²) in [6, 6.07) is -0.749. The minimum Gasteiger partial charge on any atom is -0.334 e. The van der Waals surface area contributed by atoms with Crippen molar-refractivity contribution in [3.63, 3.8) is 0 Å². The molecule has 0 bridgehead atoms. The van der Waals surface area contributed by atoms with E-state index < -0.39 is 6.04 Å². The molecule has 0 saturated heterocycles. The number of hydrogen-bond donors (Lipinski definition) is 4. The lowest BCUT2D eigenvalue weighted by molar-refractivity contribution is -0.111. The van der Waals surface area contributed by atoms with Crippen LogP contribution in [0, 0.1) is 10.8 Å². The van der Waals surface area contributed by atoms with Crippen LogP contribution in [0.4, 0.5) is 4.79 Å². The molecule has 26 heavy (non-hydrogen) atoms. The van der Waals surface area contributed by atoms with E-state index in [1.807, 2.05) is 38.9 Å². The van der Waals surface area contributed by atoms with E-state index in [0.29, 0.717) is 19.6 Å². The summed E-state index contributed by atoms with van der Waals surface area (Å²) in [5, 5.41) is 9.07. The van der Waals surface area contributed by atoms with E-state index in [0.717, 1.165) is 18.5 Å². The van der Waals surface area contributed by atoms with Crippen LogP contribution in [0.2, 0.25) is 0 Å². The molecule has 2 unspecified atom stereocenters. The van der Waals surface area contributed by atoms with Crippen molar-refractivity contribution in [1.29, 1.82) is 0 Å². The number of rotatable bonds is 10. The summed E-state index contributed by atoms with van der Waals surface area (Å²) in [5.74, 6) is 0. The molecular weight excluding hydrogens is 352 g/mol. The second kappa shape index (κ2) is 11.1. The van der Waals surface area contributed by atoms with Crippen LogP contribution in [0.1, 0.15) is 55.4 Å². The number of urea groups is 1. The highest BCUT2D eigenvalue weighted by molar-refractivity contribution is 7.91. The summed E-state index contributed by atoms with van der Waals surface area (Å²) < 4.78 is 11.1. The molecule has 0 spiro atoms. The molecule has 2 atom stereocenters. The summed E-state index contributed by atoms with van der Waals surface area (Å²) in [7, 11) is 0. The first-order valence-corrected chi connectivity index (χ1v) is 9.87. The van der Waals surface area contributed by atoms with Gasteiger partial charge in [0, 0.05) is 31.7 Å². The van der Waals surface area contributed by atoms with Crippen molar-refractivity contribution in [2.24, 2.45) is 10.8 Å². The zero-order valence-corrected chi connectivity index (χ0v) is 18.4. The van der Waals surface area contributed by atoms with E-state index in [1.54, 1.807) is 0 Å². The summed E-state index contributed by atoms with van der Waals surface area (Å²) in [6.07, 6.45) is 0.775. The van der Waals surface area contributed by atoms with Gasteiger partial charge in [-0.15, -0.1) is 0 Å². The monoisotopic (exact) mass is 390 g/mol. The summed E-state index contributed by atoms with van der Waals surface area (Å²) in [6.45, 7) is 17.9. The quantitative estimate of drug-likeness (QED) is 0.198. The van der Waals surface area contributed by atoms with Gasteiger partial charge in [-0.1, -0.05) is 41.5 Å². The SMILES string of the molecule is CC(C)N(CCNCC(NC(=O)NC(C=O)C(C)(C)C)C(C)(C)C)SO. The Balaban J connectivity index is 4.63. The Labute approximate surface area is 163 Å². The molecule has 0 aliphatic rings. The fourth-order valence-corrected chi connectivity index (χ4v) is 2.56. The molecule has 8 heteroatoms. The lowest BCUT2D eigenvalue weighted by Gasteiger charge is -2.34. The van der Waals surface area contributed by atoms with Gasteiger partial charge in [0.2, 0.25) is 0 Å². The van der Waals surface area contributed by atoms with E-state index in [-0.39, 0.29) is 28.9 Å². The molecule has 7 nitrogen and oxygen atoms in total. The third-order valence-corrected chi connectivity index (χ3v) is 5.06. The van der Waals surface area contributed by atoms with Crippen LogP contribution >= 0.6 is 12.2 Å². The highest BCUT2D eigenvalue weighted by Gasteiger charge is 2.29. The van der Waals surface area contributed by atoms with Crippen molar-refractivity contribution in [1.82, 2.24) is 20.3 Å². The van der Waals surface area contributed by atoms with Crippen molar-refractivity contribution in [3.8, 4) is 0 Å². The zero-order valence-electron chi connectivity index (χ0n) is 17.5. The van der Waals surface area contributed by atoms with Crippen LogP contribution in [0.5, 0.6) is 0 Å². The van der Waals surface area contributed by atoms with Gasteiger partial charge in [0.05, 0.1) is 18.3 Å². The number of amides is 2. The van der Waals surface area contributed by atoms with Crippen LogP contribution in [0.25, 0.3) is 0 Å². The van der Waals surface area contributed by atoms with E-state index in [2.05, 4.69) is 36.7 Å². The Hall–Kier alpha value is -0.830. The molecule has 0 fully saturated rings. The van der Waals surface area contributed by atoms with Gasteiger partial charge in [-0.3, -0.25) is 0 Å². The number of aldehydes is 1. The van der Waals surface area contributed by atoms with Gasteiger partial charge >= 0.3 is 6.03 Å². The number of nitrogens with zero attached hydrogens (tertiary/aromatic N) is 1. The molecule has 0 aromatic heterocycles. The van der Waals surface area contributed by atoms with Crippen molar-refractivity contribution < 1.29 is 14.1 Å². The standard InChI is InChI=1S/C18H38N4O3S/c1-13(2)22(26-25)10-9-19-11-14(17(3,4)5)20-16(24)21-15(12-23)18(6,7)8/h12-15,19,25H,9-11H2,1-8H3,(H2,20,21,24). The molecule has 0 aliphatic heterocycles. The average molecular weight is 391 g/mol. The molecule has 0 aliphatic carbocycles. The molecule has 2 amide bonds. The third kappa shape index (κ3) is 9.75. The first kappa shape index (κ1) is 25.2. The van der Waals surface area contributed by atoms with Gasteiger partial charge in [-0.2, -0.15) is 0 Å². The number of nitrogens with one attached hydrogen (secondary N) is 3. The lowest BCUT2D eigenvalue weighted by Crippen LogP contribution is -2.56. The second-order valence-electron chi connectivity index (χ2n) is 9.04. The van der Waals surface area contributed by atoms with E-state index in [1.165, 1.54) is 0 Å². The fraction of sp³-hybridized carbons (Fsp3) is 0.889. The largest absolute Gasteiger partial charge is 0.334 e. The Kier molecular flexibility index (Phi) is 10.8. The highest BCUT2D eigenvalue weighted by Crippen LogP contribution is 2.20. The zero-order chi connectivity index (χ0) is 20.5. The van der Waals surface area contributed by atoms with Gasteiger partial charge in [0.15, 0.2) is 0 Å². The minimum absolute atomic E-state index is 0.107. The maximum atomic E-state index is 12.3. The maximum Gasteiger partial charge on any atom is 0.315 e. The van der Waals surface area contributed by atoms with Gasteiger partial charge in [-0.05, 0) is 24.7 Å². The summed E-state index contributed by atoms with van der Waals surface area (Å²) in [4.78, 5) is 23.6. The molecular formula is C18H38N4O3S. The molecule has 0 aromatic carbocycles. The number of carbonyl (C=O) groups excluding carboxylic acids is 2. The van der Waals surface area contributed by atoms with Crippen LogP contribution in [-0.4, -0.2) is 58.9 Å². The van der Waals surface area contributed by atoms with Gasteiger partial charge in [-0.25, -0.2) is 9.10 Å². The predicted octanol–water partition coefficient (Wildman–Crippen LogP) is 2.74. The number of hydrogen-bond acceptors (Lipinski definition) is 6. The normalized spacial score (nSPS) is 15.0. The highest BCUT2D eigenvalue weighted by atomic mass is 32.2. The topological polar surface area (TPSA) is 93.7 Å². The van der Waals surface area contributed by atoms with E-state index >= 15 is 0 Å². The Morgan fingerprint density at radius 1 is 1.12 bits per heavy atom. The first-order valence-electron chi connectivity index (χ1n) is 9.14. The molecule has 0 radical (unpaired) electrons. The number of carbonyl (C=O) groups is 2. The summed E-state index contributed by atoms with van der Waals surface area (Å²) in [5.41, 5.74) is -0.483. The molecule has 0 heterocycles. The predicted molar refractivity (Wildman–Crippen MR) is 109 cm³/mol. The second-order valence-corrected chi connectivity index (χ2v) is 9.67. The van der Waals surface area contributed by atoms with Crippen LogP contribution in [-0.2, 0) is 4.79 Å². The molecule has 4 N–H and O–H groups in total. The molecule has 0 aromatic rings. The average Bonchev–Trinajstić information content (AvgIpc) is 2.48. The van der Waals surface area contributed by atoms with Crippen molar-refractivity contribution in [2.45, 2.75) is 73.5 Å². The van der Waals surface area contributed by atoms with Gasteiger partial charge in [0.1, 0.15) is 6.29 Å². The third-order valence-electron chi connectivity index (χ3n) is 4.24. The fourth-order valence-electron chi connectivity index (χ4n) is 2.20. The van der Waals surface area contributed by atoms with Crippen LogP contribution in [0.15, 0.2) is 0 Å². The Morgan fingerprint density at radius 2 is 1.69 bits per heavy atom. The Bertz CT molecular complexity index is 433. The van der Waals surface area contributed by atoms with E-state index in [4.69, 9.17) is 0 Å². The van der Waals surface area contributed by atoms with Crippen LogP contribution in [0.3, 0.4) is 0 Å². The first-order chi connectivity index (χ1) is 11.8. The lowest BCUT2D eigenvalue weighted by atomic mass is 9.86. The van der Waals surface area contributed by atoms with Gasteiger partial charge < -0.3 is 25.3 Å². The van der Waals surface area contributed by atoms with Crippen molar-refractivity contribution in [3.05, 3.63) is 0 Å². The summed E-state index contributed by atoms with van der Waals surface area (Å²) >= 11 is 0.745. The molecule has 154 valence electrons. The van der Waals surface area contributed by atoms with Crippen molar-refractivity contribution in [2.75, 3.05) is 19.6 Å². The maximum absolute atomic E-state index is 12.3. The van der Waals surface area contributed by atoms with E-state index in [9.17, 15) is 14.1 Å². The smallest absolute Gasteiger partial charge is 0.315 e. The van der Waals surface area contributed by atoms with Gasteiger partial charge in [0.25, 0.3) is 0 Å². The molecule has 0 rings (SSSR count). The molecule has 0 saturated carbocycles. The minimum atomic E-state index is -0.544. The Morgan fingerprint density at radius 3 is 2.08 bits per heavy atom. The van der Waals surface area contributed by atoms with Crippen molar-refractivity contribution >= 4 is 24.5 Å².